The number of amides is 2. The monoisotopic (exact) mass is 287 g/mol. The van der Waals surface area contributed by atoms with Gasteiger partial charge in [-0.05, 0) is 31.0 Å². The molecule has 1 heterocycles. The summed E-state index contributed by atoms with van der Waals surface area (Å²) in [7, 11) is 0. The molecule has 1 aromatic heterocycles. The average molecular weight is 287 g/mol. The second-order valence-corrected chi connectivity index (χ2v) is 4.95. The van der Waals surface area contributed by atoms with E-state index in [1.54, 1.807) is 12.5 Å². The summed E-state index contributed by atoms with van der Waals surface area (Å²) in [6, 6.07) is 7.33. The predicted molar refractivity (Wildman–Crippen MR) is 82.9 cm³/mol. The molecule has 4 N–H and O–H groups in total. The van der Waals surface area contributed by atoms with E-state index in [-0.39, 0.29) is 12.1 Å². The van der Waals surface area contributed by atoms with E-state index in [0.717, 1.165) is 24.2 Å². The minimum atomic E-state index is -0.200. The number of benzene rings is 1. The molecule has 0 bridgehead atoms. The van der Waals surface area contributed by atoms with E-state index in [0.29, 0.717) is 6.54 Å². The van der Waals surface area contributed by atoms with Crippen molar-refractivity contribution >= 4 is 11.7 Å². The lowest BCUT2D eigenvalue weighted by molar-refractivity contribution is 0.252. The van der Waals surface area contributed by atoms with Gasteiger partial charge in [0.05, 0.1) is 6.33 Å². The van der Waals surface area contributed by atoms with Crippen molar-refractivity contribution in [1.82, 2.24) is 14.9 Å². The zero-order valence-electron chi connectivity index (χ0n) is 12.1. The third-order valence-electron chi connectivity index (χ3n) is 3.13. The van der Waals surface area contributed by atoms with Crippen LogP contribution in [-0.4, -0.2) is 22.1 Å². The highest BCUT2D eigenvalue weighted by Crippen LogP contribution is 2.13. The number of aryl methyl sites for hydroxylation is 1. The van der Waals surface area contributed by atoms with Gasteiger partial charge < -0.3 is 20.9 Å². The van der Waals surface area contributed by atoms with Gasteiger partial charge in [0.25, 0.3) is 0 Å². The Labute approximate surface area is 124 Å². The first-order valence-electron chi connectivity index (χ1n) is 7.01. The number of anilines is 1. The number of rotatable bonds is 6. The summed E-state index contributed by atoms with van der Waals surface area (Å²) in [4.78, 5) is 15.7. The topological polar surface area (TPSA) is 85.0 Å². The van der Waals surface area contributed by atoms with Crippen LogP contribution in [0.15, 0.2) is 43.0 Å². The lowest BCUT2D eigenvalue weighted by Gasteiger charge is -2.09. The van der Waals surface area contributed by atoms with Crippen LogP contribution in [0, 0.1) is 0 Å². The zero-order chi connectivity index (χ0) is 15.1. The summed E-state index contributed by atoms with van der Waals surface area (Å²) >= 11 is 0. The second-order valence-electron chi connectivity index (χ2n) is 4.95. The molecule has 0 aliphatic rings. The molecule has 1 aromatic carbocycles. The molecule has 21 heavy (non-hydrogen) atoms. The Bertz CT molecular complexity index is 548. The van der Waals surface area contributed by atoms with Crippen LogP contribution in [0.1, 0.15) is 24.9 Å². The van der Waals surface area contributed by atoms with Gasteiger partial charge in [0.1, 0.15) is 0 Å². The Hall–Kier alpha value is -2.34. The number of nitrogens with one attached hydrogen (secondary N) is 2. The molecule has 6 heteroatoms. The van der Waals surface area contributed by atoms with Gasteiger partial charge in [-0.25, -0.2) is 9.78 Å². The summed E-state index contributed by atoms with van der Waals surface area (Å²) in [5.41, 5.74) is 7.58. The van der Waals surface area contributed by atoms with Gasteiger partial charge in [-0.2, -0.15) is 0 Å². The fourth-order valence-electron chi connectivity index (χ4n) is 1.93. The lowest BCUT2D eigenvalue weighted by atomic mass is 10.1. The molecular weight excluding hydrogens is 266 g/mol. The van der Waals surface area contributed by atoms with Gasteiger partial charge in [0, 0.05) is 37.2 Å². The van der Waals surface area contributed by atoms with Gasteiger partial charge >= 0.3 is 6.03 Å². The van der Waals surface area contributed by atoms with E-state index >= 15 is 0 Å². The van der Waals surface area contributed by atoms with E-state index in [2.05, 4.69) is 15.6 Å². The van der Waals surface area contributed by atoms with E-state index in [9.17, 15) is 4.79 Å². The first-order valence-corrected chi connectivity index (χ1v) is 7.01. The minimum absolute atomic E-state index is 0.00365. The van der Waals surface area contributed by atoms with Crippen LogP contribution in [0.4, 0.5) is 10.5 Å². The third kappa shape index (κ3) is 4.92. The molecule has 0 saturated carbocycles. The van der Waals surface area contributed by atoms with Crippen molar-refractivity contribution < 1.29 is 4.79 Å². The van der Waals surface area contributed by atoms with Crippen LogP contribution in [0.2, 0.25) is 0 Å². The van der Waals surface area contributed by atoms with E-state index in [4.69, 9.17) is 5.73 Å². The highest BCUT2D eigenvalue weighted by atomic mass is 16.2. The largest absolute Gasteiger partial charge is 0.338 e. The van der Waals surface area contributed by atoms with Crippen molar-refractivity contribution in [2.75, 3.05) is 11.9 Å². The molecule has 2 rings (SSSR count). The summed E-state index contributed by atoms with van der Waals surface area (Å²) in [5, 5.41) is 5.61. The van der Waals surface area contributed by atoms with E-state index < -0.39 is 0 Å². The first-order chi connectivity index (χ1) is 10.1. The van der Waals surface area contributed by atoms with Crippen LogP contribution < -0.4 is 16.4 Å². The highest BCUT2D eigenvalue weighted by molar-refractivity contribution is 5.89. The minimum Gasteiger partial charge on any atom is -0.338 e. The highest BCUT2D eigenvalue weighted by Gasteiger charge is 2.02. The Kier molecular flexibility index (Phi) is 5.34. The molecule has 0 aliphatic heterocycles. The lowest BCUT2D eigenvalue weighted by Crippen LogP contribution is -2.30. The van der Waals surface area contributed by atoms with Gasteiger partial charge in [0.2, 0.25) is 0 Å². The fraction of sp³-hybridized carbons (Fsp3) is 0.333. The summed E-state index contributed by atoms with van der Waals surface area (Å²) in [6.07, 6.45) is 6.26. The maximum Gasteiger partial charge on any atom is 0.319 e. The molecule has 0 fully saturated rings. The van der Waals surface area contributed by atoms with Crippen molar-refractivity contribution in [3.8, 4) is 0 Å². The molecule has 0 spiro atoms. The smallest absolute Gasteiger partial charge is 0.319 e. The Morgan fingerprint density at radius 3 is 2.76 bits per heavy atom. The third-order valence-corrected chi connectivity index (χ3v) is 3.13. The molecule has 1 atom stereocenters. The SMILES string of the molecule is CC(N)c1ccc(NC(=O)NCCCn2ccnc2)cc1. The van der Waals surface area contributed by atoms with Crippen LogP contribution >= 0.6 is 0 Å². The Balaban J connectivity index is 1.69. The van der Waals surface area contributed by atoms with E-state index in [1.165, 1.54) is 0 Å². The van der Waals surface area contributed by atoms with Gasteiger partial charge in [0.15, 0.2) is 0 Å². The predicted octanol–water partition coefficient (Wildman–Crippen LogP) is 2.11. The quantitative estimate of drug-likeness (QED) is 0.711. The number of carbonyl (C=O) groups excluding carboxylic acids is 1. The number of carbonyl (C=O) groups is 1. The second kappa shape index (κ2) is 7.44. The number of urea groups is 1. The van der Waals surface area contributed by atoms with Crippen molar-refractivity contribution in [1.29, 1.82) is 0 Å². The Morgan fingerprint density at radius 2 is 2.14 bits per heavy atom. The standard InChI is InChI=1S/C15H21N5O/c1-12(16)13-3-5-14(6-4-13)19-15(21)18-7-2-9-20-10-8-17-11-20/h3-6,8,10-12H,2,7,9,16H2,1H3,(H2,18,19,21). The number of aromatic nitrogens is 2. The molecule has 2 aromatic rings. The van der Waals surface area contributed by atoms with Crippen molar-refractivity contribution in [2.45, 2.75) is 25.9 Å². The van der Waals surface area contributed by atoms with E-state index in [1.807, 2.05) is 42.0 Å². The molecular formula is C15H21N5O. The zero-order valence-corrected chi connectivity index (χ0v) is 12.1. The first kappa shape index (κ1) is 15.1. The van der Waals surface area contributed by atoms with Crippen LogP contribution in [0.3, 0.4) is 0 Å². The molecule has 6 nitrogen and oxygen atoms in total. The number of nitrogens with two attached hydrogens (primary N) is 1. The van der Waals surface area contributed by atoms with Gasteiger partial charge in [-0.1, -0.05) is 12.1 Å². The van der Waals surface area contributed by atoms with Crippen molar-refractivity contribution in [3.63, 3.8) is 0 Å². The number of hydrogen-bond acceptors (Lipinski definition) is 3. The summed E-state index contributed by atoms with van der Waals surface area (Å²) < 4.78 is 1.98. The van der Waals surface area contributed by atoms with Gasteiger partial charge in [-0.15, -0.1) is 0 Å². The molecule has 0 saturated heterocycles. The fourth-order valence-corrected chi connectivity index (χ4v) is 1.93. The number of nitrogens with zero attached hydrogens (tertiary/aromatic N) is 2. The Morgan fingerprint density at radius 1 is 1.38 bits per heavy atom. The molecule has 2 amide bonds. The number of imidazole rings is 1. The van der Waals surface area contributed by atoms with Crippen molar-refractivity contribution in [3.05, 3.63) is 48.5 Å². The van der Waals surface area contributed by atoms with Crippen LogP contribution in [-0.2, 0) is 6.54 Å². The summed E-state index contributed by atoms with van der Waals surface area (Å²) in [5.74, 6) is 0. The van der Waals surface area contributed by atoms with Crippen molar-refractivity contribution in [2.24, 2.45) is 5.73 Å². The van der Waals surface area contributed by atoms with Crippen LogP contribution in [0.5, 0.6) is 0 Å². The average Bonchev–Trinajstić information content (AvgIpc) is 2.97. The molecule has 0 aliphatic carbocycles. The molecule has 0 radical (unpaired) electrons. The maximum absolute atomic E-state index is 11.7. The maximum atomic E-state index is 11.7. The van der Waals surface area contributed by atoms with Gasteiger partial charge in [-0.3, -0.25) is 0 Å². The number of hydrogen-bond donors (Lipinski definition) is 3. The molecule has 112 valence electrons. The normalized spacial score (nSPS) is 11.9. The molecule has 1 unspecified atom stereocenters. The van der Waals surface area contributed by atoms with Crippen LogP contribution in [0.25, 0.3) is 0 Å². The summed E-state index contributed by atoms with van der Waals surface area (Å²) in [6.45, 7) is 3.38.